The van der Waals surface area contributed by atoms with Crippen LogP contribution in [0.3, 0.4) is 0 Å². The van der Waals surface area contributed by atoms with E-state index in [0.717, 1.165) is 35.0 Å². The van der Waals surface area contributed by atoms with Crippen molar-refractivity contribution in [3.8, 4) is 0 Å². The van der Waals surface area contributed by atoms with Crippen LogP contribution in [0.15, 0.2) is 24.3 Å². The Morgan fingerprint density at radius 1 is 1.21 bits per heavy atom. The van der Waals surface area contributed by atoms with Crippen molar-refractivity contribution in [2.75, 3.05) is 17.3 Å². The quantitative estimate of drug-likeness (QED) is 0.923. The highest BCUT2D eigenvalue weighted by molar-refractivity contribution is 8.06. The summed E-state index contributed by atoms with van der Waals surface area (Å²) >= 11 is 3.57. The number of alkyl halides is 3. The molecule has 0 aliphatic carbocycles. The zero-order valence-electron chi connectivity index (χ0n) is 10.2. The number of halogens is 3. The zero-order valence-corrected chi connectivity index (χ0v) is 11.8. The summed E-state index contributed by atoms with van der Waals surface area (Å²) in [6.07, 6.45) is -4.38. The van der Waals surface area contributed by atoms with Gasteiger partial charge < -0.3 is 5.11 Å². The van der Waals surface area contributed by atoms with Gasteiger partial charge in [-0.2, -0.15) is 36.7 Å². The summed E-state index contributed by atoms with van der Waals surface area (Å²) in [6.45, 7) is 0. The van der Waals surface area contributed by atoms with Crippen LogP contribution in [-0.2, 0) is 12.6 Å². The second-order valence-corrected chi connectivity index (χ2v) is 6.95. The number of benzene rings is 1. The van der Waals surface area contributed by atoms with Crippen LogP contribution in [-0.4, -0.2) is 33.7 Å². The number of hydrogen-bond donors (Lipinski definition) is 1. The molecule has 1 aliphatic rings. The standard InChI is InChI=1S/C13H15F3OS2/c14-13(15,16)10-3-1-9(2-4-10)7-11(17)12-8-18-5-6-19-12/h1-4,11-12,17H,5-8H2. The van der Waals surface area contributed by atoms with Crippen molar-refractivity contribution in [1.82, 2.24) is 0 Å². The minimum absolute atomic E-state index is 0.182. The van der Waals surface area contributed by atoms with Crippen molar-refractivity contribution in [1.29, 1.82) is 0 Å². The van der Waals surface area contributed by atoms with Gasteiger partial charge in [0, 0.05) is 22.5 Å². The lowest BCUT2D eigenvalue weighted by atomic mass is 10.0. The monoisotopic (exact) mass is 308 g/mol. The van der Waals surface area contributed by atoms with Crippen LogP contribution in [0, 0.1) is 0 Å². The number of aliphatic hydroxyl groups excluding tert-OH is 1. The predicted octanol–water partition coefficient (Wildman–Crippen LogP) is 3.46. The molecule has 0 amide bonds. The molecule has 0 aromatic heterocycles. The molecule has 2 unspecified atom stereocenters. The van der Waals surface area contributed by atoms with Gasteiger partial charge in [-0.1, -0.05) is 12.1 Å². The number of thioether (sulfide) groups is 2. The van der Waals surface area contributed by atoms with Gasteiger partial charge in [0.15, 0.2) is 0 Å². The Balaban J connectivity index is 1.95. The van der Waals surface area contributed by atoms with Gasteiger partial charge in [0.2, 0.25) is 0 Å². The van der Waals surface area contributed by atoms with Gasteiger partial charge in [-0.05, 0) is 24.1 Å². The molecule has 106 valence electrons. The van der Waals surface area contributed by atoms with E-state index in [9.17, 15) is 18.3 Å². The average molecular weight is 308 g/mol. The van der Waals surface area contributed by atoms with Crippen molar-refractivity contribution >= 4 is 23.5 Å². The molecule has 1 N–H and O–H groups in total. The Labute approximate surface area is 119 Å². The van der Waals surface area contributed by atoms with Crippen LogP contribution in [0.25, 0.3) is 0 Å². The Morgan fingerprint density at radius 3 is 2.42 bits per heavy atom. The van der Waals surface area contributed by atoms with Crippen LogP contribution in [0.4, 0.5) is 13.2 Å². The highest BCUT2D eigenvalue weighted by Gasteiger charge is 2.30. The first-order valence-corrected chi connectivity index (χ1v) is 8.21. The molecule has 0 bridgehead atoms. The Hall–Kier alpha value is -0.330. The van der Waals surface area contributed by atoms with Crippen molar-refractivity contribution < 1.29 is 18.3 Å². The van der Waals surface area contributed by atoms with Gasteiger partial charge in [0.1, 0.15) is 0 Å². The minimum atomic E-state index is -4.30. The van der Waals surface area contributed by atoms with E-state index in [0.29, 0.717) is 6.42 Å². The van der Waals surface area contributed by atoms with Gasteiger partial charge in [-0.25, -0.2) is 0 Å². The molecule has 1 aromatic rings. The van der Waals surface area contributed by atoms with Crippen LogP contribution in [0.2, 0.25) is 0 Å². The lowest BCUT2D eigenvalue weighted by molar-refractivity contribution is -0.137. The summed E-state index contributed by atoms with van der Waals surface area (Å²) in [5.41, 5.74) is 0.102. The number of hydrogen-bond acceptors (Lipinski definition) is 3. The first kappa shape index (κ1) is 15.1. The maximum Gasteiger partial charge on any atom is 0.416 e. The summed E-state index contributed by atoms with van der Waals surface area (Å²) in [7, 11) is 0. The molecule has 2 rings (SSSR count). The van der Waals surface area contributed by atoms with E-state index in [1.54, 1.807) is 11.8 Å². The topological polar surface area (TPSA) is 20.2 Å². The van der Waals surface area contributed by atoms with Crippen LogP contribution in [0.5, 0.6) is 0 Å². The SMILES string of the molecule is OC(Cc1ccc(C(F)(F)F)cc1)C1CSCCS1. The van der Waals surface area contributed by atoms with Gasteiger partial charge in [0.25, 0.3) is 0 Å². The van der Waals surface area contributed by atoms with Crippen molar-refractivity contribution in [3.05, 3.63) is 35.4 Å². The third kappa shape index (κ3) is 4.33. The van der Waals surface area contributed by atoms with Crippen molar-refractivity contribution in [2.45, 2.75) is 24.0 Å². The van der Waals surface area contributed by atoms with E-state index < -0.39 is 17.8 Å². The molecule has 6 heteroatoms. The van der Waals surface area contributed by atoms with E-state index in [1.807, 2.05) is 11.8 Å². The van der Waals surface area contributed by atoms with Gasteiger partial charge >= 0.3 is 6.18 Å². The zero-order chi connectivity index (χ0) is 13.9. The number of aliphatic hydroxyl groups is 1. The third-order valence-electron chi connectivity index (χ3n) is 3.00. The van der Waals surface area contributed by atoms with E-state index in [2.05, 4.69) is 0 Å². The van der Waals surface area contributed by atoms with Crippen LogP contribution >= 0.6 is 23.5 Å². The van der Waals surface area contributed by atoms with Crippen molar-refractivity contribution in [2.24, 2.45) is 0 Å². The Morgan fingerprint density at radius 2 is 1.89 bits per heavy atom. The molecule has 19 heavy (non-hydrogen) atoms. The predicted molar refractivity (Wildman–Crippen MR) is 74.7 cm³/mol. The smallest absolute Gasteiger partial charge is 0.392 e. The fourth-order valence-corrected chi connectivity index (χ4v) is 4.70. The molecular weight excluding hydrogens is 293 g/mol. The molecule has 0 radical (unpaired) electrons. The van der Waals surface area contributed by atoms with Crippen LogP contribution in [0.1, 0.15) is 11.1 Å². The minimum Gasteiger partial charge on any atom is -0.392 e. The van der Waals surface area contributed by atoms with E-state index >= 15 is 0 Å². The fourth-order valence-electron chi connectivity index (χ4n) is 1.93. The van der Waals surface area contributed by atoms with Gasteiger partial charge in [-0.3, -0.25) is 0 Å². The summed E-state index contributed by atoms with van der Waals surface area (Å²) in [5, 5.41) is 10.3. The Kier molecular flexibility index (Phi) is 5.09. The second kappa shape index (κ2) is 6.41. The maximum atomic E-state index is 12.4. The largest absolute Gasteiger partial charge is 0.416 e. The molecule has 2 atom stereocenters. The first-order chi connectivity index (χ1) is 8.97. The second-order valence-electron chi connectivity index (χ2n) is 4.45. The van der Waals surface area contributed by atoms with E-state index in [-0.39, 0.29) is 5.25 Å². The molecule has 0 spiro atoms. The fraction of sp³-hybridized carbons (Fsp3) is 0.538. The van der Waals surface area contributed by atoms with Gasteiger partial charge in [0.05, 0.1) is 11.7 Å². The lowest BCUT2D eigenvalue weighted by Crippen LogP contribution is -2.30. The summed E-state index contributed by atoms with van der Waals surface area (Å²) in [6, 6.07) is 5.05. The van der Waals surface area contributed by atoms with E-state index in [4.69, 9.17) is 0 Å². The summed E-state index contributed by atoms with van der Waals surface area (Å²) < 4.78 is 37.3. The number of rotatable bonds is 3. The molecule has 1 heterocycles. The first-order valence-electron chi connectivity index (χ1n) is 6.00. The molecule has 1 aromatic carbocycles. The normalized spacial score (nSPS) is 22.2. The molecule has 1 saturated heterocycles. The summed E-state index contributed by atoms with van der Waals surface area (Å²) in [4.78, 5) is 0. The van der Waals surface area contributed by atoms with Crippen molar-refractivity contribution in [3.63, 3.8) is 0 Å². The van der Waals surface area contributed by atoms with Crippen LogP contribution < -0.4 is 0 Å². The molecule has 1 nitrogen and oxygen atoms in total. The Bertz CT molecular complexity index is 399. The molecular formula is C13H15F3OS2. The molecule has 0 saturated carbocycles. The van der Waals surface area contributed by atoms with Gasteiger partial charge in [-0.15, -0.1) is 0 Å². The third-order valence-corrected chi connectivity index (χ3v) is 5.90. The van der Waals surface area contributed by atoms with E-state index in [1.165, 1.54) is 12.1 Å². The maximum absolute atomic E-state index is 12.4. The highest BCUT2D eigenvalue weighted by atomic mass is 32.2. The molecule has 1 fully saturated rings. The molecule has 1 aliphatic heterocycles. The lowest BCUT2D eigenvalue weighted by Gasteiger charge is -2.25. The summed E-state index contributed by atoms with van der Waals surface area (Å²) in [5.74, 6) is 3.04. The highest BCUT2D eigenvalue weighted by Crippen LogP contribution is 2.30. The average Bonchev–Trinajstić information content (AvgIpc) is 2.39.